The Balaban J connectivity index is 1.92. The first-order chi connectivity index (χ1) is 11.6. The molecule has 124 valence electrons. The smallest absolute Gasteiger partial charge is 0.338 e. The molecule has 0 saturated carbocycles. The zero-order valence-electron chi connectivity index (χ0n) is 13.2. The normalized spacial score (nSPS) is 10.6. The lowest BCUT2D eigenvalue weighted by molar-refractivity contribution is -0.128. The fourth-order valence-corrected chi connectivity index (χ4v) is 1.83. The molecule has 0 saturated heterocycles. The highest BCUT2D eigenvalue weighted by Gasteiger charge is 2.07. The van der Waals surface area contributed by atoms with E-state index in [1.165, 1.54) is 48.6 Å². The topological polar surface area (TPSA) is 52.6 Å². The van der Waals surface area contributed by atoms with Crippen molar-refractivity contribution in [2.75, 3.05) is 6.61 Å². The van der Waals surface area contributed by atoms with E-state index in [1.54, 1.807) is 12.1 Å². The fraction of sp³-hybridized carbons (Fsp3) is 0.158. The molecule has 0 spiro atoms. The van der Waals surface area contributed by atoms with Crippen LogP contribution in [0.3, 0.4) is 0 Å². The molecule has 0 N–H and O–H groups in total. The van der Waals surface area contributed by atoms with Gasteiger partial charge in [-0.25, -0.2) is 14.0 Å². The summed E-state index contributed by atoms with van der Waals surface area (Å²) in [5, 5.41) is 0. The molecule has 0 amide bonds. The molecule has 2 rings (SSSR count). The predicted molar refractivity (Wildman–Crippen MR) is 88.1 cm³/mol. The van der Waals surface area contributed by atoms with Gasteiger partial charge in [-0.3, -0.25) is 0 Å². The predicted octanol–water partition coefficient (Wildman–Crippen LogP) is 4.01. The van der Waals surface area contributed by atoms with E-state index in [2.05, 4.69) is 0 Å². The van der Waals surface area contributed by atoms with Crippen molar-refractivity contribution in [3.05, 3.63) is 71.6 Å². The van der Waals surface area contributed by atoms with Gasteiger partial charge >= 0.3 is 11.9 Å². The summed E-state index contributed by atoms with van der Waals surface area (Å²) in [4.78, 5) is 23.4. The molecule has 0 aliphatic heterocycles. The number of benzene rings is 2. The summed E-state index contributed by atoms with van der Waals surface area (Å²) in [6.45, 7) is 2.28. The number of halogens is 1. The number of carbonyl (C=O) groups is 2. The summed E-state index contributed by atoms with van der Waals surface area (Å²) in [6.07, 6.45) is 3.52. The number of hydrogen-bond acceptors (Lipinski definition) is 4. The van der Waals surface area contributed by atoms with Crippen LogP contribution in [0.4, 0.5) is 4.39 Å². The standard InChI is InChI=1S/C19H17FO4/c1-2-13-23-19(22)15-6-10-17(11-7-15)24-18(21)12-5-14-3-8-16(20)9-4-14/h3-12H,2,13H2,1H3/b12-5+. The van der Waals surface area contributed by atoms with E-state index < -0.39 is 11.9 Å². The van der Waals surface area contributed by atoms with Crippen LogP contribution in [0.5, 0.6) is 5.75 Å². The third kappa shape index (κ3) is 5.35. The zero-order valence-corrected chi connectivity index (χ0v) is 13.2. The van der Waals surface area contributed by atoms with Gasteiger partial charge in [0.15, 0.2) is 0 Å². The minimum absolute atomic E-state index is 0.316. The van der Waals surface area contributed by atoms with Crippen molar-refractivity contribution in [2.24, 2.45) is 0 Å². The molecule has 0 radical (unpaired) electrons. The summed E-state index contributed by atoms with van der Waals surface area (Å²) in [7, 11) is 0. The maximum atomic E-state index is 12.8. The van der Waals surface area contributed by atoms with Crippen molar-refractivity contribution in [2.45, 2.75) is 13.3 Å². The van der Waals surface area contributed by atoms with Crippen molar-refractivity contribution >= 4 is 18.0 Å². The van der Waals surface area contributed by atoms with Gasteiger partial charge in [-0.05, 0) is 54.5 Å². The minimum atomic E-state index is -0.569. The van der Waals surface area contributed by atoms with Crippen molar-refractivity contribution in [1.29, 1.82) is 0 Å². The van der Waals surface area contributed by atoms with Crippen LogP contribution in [-0.2, 0) is 9.53 Å². The molecular weight excluding hydrogens is 311 g/mol. The Labute approximate surface area is 139 Å². The summed E-state index contributed by atoms with van der Waals surface area (Å²) in [5.74, 6) is -1.00. The first-order valence-corrected chi connectivity index (χ1v) is 7.51. The van der Waals surface area contributed by atoms with E-state index in [-0.39, 0.29) is 5.82 Å². The van der Waals surface area contributed by atoms with Gasteiger partial charge in [-0.2, -0.15) is 0 Å². The Morgan fingerprint density at radius 1 is 1.04 bits per heavy atom. The van der Waals surface area contributed by atoms with E-state index in [9.17, 15) is 14.0 Å². The van der Waals surface area contributed by atoms with Gasteiger partial charge in [-0.1, -0.05) is 19.1 Å². The average Bonchev–Trinajstić information content (AvgIpc) is 2.60. The van der Waals surface area contributed by atoms with Crippen LogP contribution in [0.2, 0.25) is 0 Å². The molecule has 0 aliphatic rings. The van der Waals surface area contributed by atoms with E-state index in [4.69, 9.17) is 9.47 Å². The maximum Gasteiger partial charge on any atom is 0.338 e. The summed E-state index contributed by atoms with van der Waals surface area (Å²) in [5.41, 5.74) is 1.08. The first kappa shape index (κ1) is 17.4. The van der Waals surface area contributed by atoms with Crippen LogP contribution in [0.25, 0.3) is 6.08 Å². The molecule has 5 heteroatoms. The van der Waals surface area contributed by atoms with Crippen molar-refractivity contribution < 1.29 is 23.5 Å². The molecule has 0 unspecified atom stereocenters. The third-order valence-corrected chi connectivity index (χ3v) is 3.03. The summed E-state index contributed by atoms with van der Waals surface area (Å²) in [6, 6.07) is 11.8. The van der Waals surface area contributed by atoms with Crippen LogP contribution in [0, 0.1) is 5.82 Å². The van der Waals surface area contributed by atoms with Crippen LogP contribution >= 0.6 is 0 Å². The highest BCUT2D eigenvalue weighted by molar-refractivity contribution is 5.90. The fourth-order valence-electron chi connectivity index (χ4n) is 1.83. The van der Waals surface area contributed by atoms with Gasteiger partial charge in [-0.15, -0.1) is 0 Å². The Morgan fingerprint density at radius 2 is 1.71 bits per heavy atom. The summed E-state index contributed by atoms with van der Waals surface area (Å²) < 4.78 is 22.9. The molecular formula is C19H17FO4. The van der Waals surface area contributed by atoms with Gasteiger partial charge in [0.05, 0.1) is 12.2 Å². The Hall–Kier alpha value is -2.95. The van der Waals surface area contributed by atoms with E-state index in [0.29, 0.717) is 23.5 Å². The van der Waals surface area contributed by atoms with E-state index in [0.717, 1.165) is 6.42 Å². The lowest BCUT2D eigenvalue weighted by Gasteiger charge is -2.04. The van der Waals surface area contributed by atoms with Gasteiger partial charge in [0.1, 0.15) is 11.6 Å². The number of hydrogen-bond donors (Lipinski definition) is 0. The number of carbonyl (C=O) groups excluding carboxylic acids is 2. The molecule has 0 fully saturated rings. The molecule has 24 heavy (non-hydrogen) atoms. The monoisotopic (exact) mass is 328 g/mol. The highest BCUT2D eigenvalue weighted by atomic mass is 19.1. The molecule has 4 nitrogen and oxygen atoms in total. The molecule has 0 atom stereocenters. The van der Waals surface area contributed by atoms with Crippen LogP contribution in [-0.4, -0.2) is 18.5 Å². The Kier molecular flexibility index (Phi) is 6.25. The molecule has 0 heterocycles. The molecule has 2 aromatic carbocycles. The van der Waals surface area contributed by atoms with Crippen molar-refractivity contribution in [3.8, 4) is 5.75 Å². The van der Waals surface area contributed by atoms with Gasteiger partial charge in [0, 0.05) is 6.08 Å². The number of rotatable bonds is 6. The van der Waals surface area contributed by atoms with Crippen LogP contribution < -0.4 is 4.74 Å². The minimum Gasteiger partial charge on any atom is -0.462 e. The van der Waals surface area contributed by atoms with Crippen LogP contribution in [0.1, 0.15) is 29.3 Å². The summed E-state index contributed by atoms with van der Waals surface area (Å²) >= 11 is 0. The number of esters is 2. The van der Waals surface area contributed by atoms with Crippen molar-refractivity contribution in [1.82, 2.24) is 0 Å². The third-order valence-electron chi connectivity index (χ3n) is 3.03. The lowest BCUT2D eigenvalue weighted by Crippen LogP contribution is -2.07. The molecule has 2 aromatic rings. The zero-order chi connectivity index (χ0) is 17.4. The SMILES string of the molecule is CCCOC(=O)c1ccc(OC(=O)/C=C/c2ccc(F)cc2)cc1. The second-order valence-electron chi connectivity index (χ2n) is 4.97. The van der Waals surface area contributed by atoms with Gasteiger partial charge < -0.3 is 9.47 Å². The van der Waals surface area contributed by atoms with Gasteiger partial charge in [0.25, 0.3) is 0 Å². The Morgan fingerprint density at radius 3 is 2.33 bits per heavy atom. The van der Waals surface area contributed by atoms with E-state index in [1.807, 2.05) is 6.92 Å². The van der Waals surface area contributed by atoms with Gasteiger partial charge in [0.2, 0.25) is 0 Å². The lowest BCUT2D eigenvalue weighted by atomic mass is 10.2. The maximum absolute atomic E-state index is 12.8. The Bertz CT molecular complexity index is 718. The second kappa shape index (κ2) is 8.62. The average molecular weight is 328 g/mol. The quantitative estimate of drug-likeness (QED) is 0.457. The molecule has 0 aromatic heterocycles. The second-order valence-corrected chi connectivity index (χ2v) is 4.97. The largest absolute Gasteiger partial charge is 0.462 e. The molecule has 0 aliphatic carbocycles. The molecule has 0 bridgehead atoms. The van der Waals surface area contributed by atoms with E-state index >= 15 is 0 Å². The van der Waals surface area contributed by atoms with Crippen molar-refractivity contribution in [3.63, 3.8) is 0 Å². The first-order valence-electron chi connectivity index (χ1n) is 7.51. The van der Waals surface area contributed by atoms with Crippen LogP contribution in [0.15, 0.2) is 54.6 Å². The number of ether oxygens (including phenoxy) is 2. The highest BCUT2D eigenvalue weighted by Crippen LogP contribution is 2.14.